The molecule has 1 aliphatic rings. The molecule has 1 heterocycles. The maximum Gasteiger partial charge on any atom is 0.338 e. The molecule has 4 heteroatoms. The molecule has 1 unspecified atom stereocenters. The Morgan fingerprint density at radius 2 is 1.82 bits per heavy atom. The molecule has 3 nitrogen and oxygen atoms in total. The van der Waals surface area contributed by atoms with Gasteiger partial charge in [-0.2, -0.15) is 0 Å². The number of hydrogen-bond donors (Lipinski definition) is 0. The third kappa shape index (κ3) is 4.44. The summed E-state index contributed by atoms with van der Waals surface area (Å²) in [6.07, 6.45) is 2.93. The van der Waals surface area contributed by atoms with Crippen LogP contribution in [0.2, 0.25) is 0 Å². The summed E-state index contributed by atoms with van der Waals surface area (Å²) in [4.78, 5) is 12.6. The SMILES string of the molecule is CC1(C)C=Cc2cc(C(=O)OC(C[18F])c3ccc(C(C)(C)C)cc3)ccc2O1. The average molecular weight is 381 g/mol. The molecule has 0 aromatic heterocycles. The summed E-state index contributed by atoms with van der Waals surface area (Å²) in [6, 6.07) is 12.7. The molecular formula is C24H27FO3. The first kappa shape index (κ1) is 20.1. The van der Waals surface area contributed by atoms with Crippen molar-refractivity contribution in [3.63, 3.8) is 0 Å². The van der Waals surface area contributed by atoms with E-state index in [1.165, 1.54) is 0 Å². The zero-order chi connectivity index (χ0) is 20.5. The van der Waals surface area contributed by atoms with Crippen LogP contribution in [0.4, 0.5) is 4.39 Å². The van der Waals surface area contributed by atoms with E-state index in [1.807, 2.05) is 50.3 Å². The van der Waals surface area contributed by atoms with E-state index in [0.717, 1.165) is 11.1 Å². The fraction of sp³-hybridized carbons (Fsp3) is 0.375. The molecule has 0 saturated carbocycles. The van der Waals surface area contributed by atoms with Crippen molar-refractivity contribution < 1.29 is 18.7 Å². The summed E-state index contributed by atoms with van der Waals surface area (Å²) in [6.45, 7) is 9.50. The second kappa shape index (κ2) is 7.42. The Morgan fingerprint density at radius 3 is 2.43 bits per heavy atom. The van der Waals surface area contributed by atoms with Gasteiger partial charge in [-0.25, -0.2) is 9.18 Å². The van der Waals surface area contributed by atoms with Gasteiger partial charge in [0, 0.05) is 5.56 Å². The van der Waals surface area contributed by atoms with E-state index in [-0.39, 0.29) is 11.0 Å². The molecule has 1 aliphatic heterocycles. The predicted octanol–water partition coefficient (Wildman–Crippen LogP) is 6.04. The Kier molecular flexibility index (Phi) is 5.33. The van der Waals surface area contributed by atoms with Crippen LogP contribution in [-0.2, 0) is 10.2 Å². The van der Waals surface area contributed by atoms with E-state index in [2.05, 4.69) is 20.8 Å². The molecule has 1 atom stereocenters. The minimum atomic E-state index is -0.928. The van der Waals surface area contributed by atoms with E-state index < -0.39 is 18.7 Å². The van der Waals surface area contributed by atoms with Gasteiger partial charge in [0.2, 0.25) is 0 Å². The number of carbonyl (C=O) groups excluding carboxylic acids is 1. The standard InChI is InChI=1S/C24H27FO3/c1-23(2,3)19-9-6-16(7-10-19)21(15-25)27-22(26)18-8-11-20-17(14-18)12-13-24(4,5)28-20/h6-14,21H,15H2,1-5H3/i25-1. The first-order chi connectivity index (χ1) is 13.1. The topological polar surface area (TPSA) is 35.5 Å². The van der Waals surface area contributed by atoms with E-state index in [1.54, 1.807) is 18.2 Å². The van der Waals surface area contributed by atoms with Crippen LogP contribution in [0.15, 0.2) is 48.5 Å². The van der Waals surface area contributed by atoms with Crippen molar-refractivity contribution in [1.82, 2.24) is 0 Å². The van der Waals surface area contributed by atoms with Crippen molar-refractivity contribution >= 4 is 12.0 Å². The van der Waals surface area contributed by atoms with Crippen molar-refractivity contribution in [1.29, 1.82) is 0 Å². The highest BCUT2D eigenvalue weighted by molar-refractivity contribution is 5.91. The van der Waals surface area contributed by atoms with Crippen molar-refractivity contribution in [3.8, 4) is 5.75 Å². The molecule has 2 aromatic rings. The number of carbonyl (C=O) groups is 1. The first-order valence-corrected chi connectivity index (χ1v) is 9.49. The Labute approximate surface area is 166 Å². The van der Waals surface area contributed by atoms with Crippen LogP contribution in [0.1, 0.15) is 67.8 Å². The van der Waals surface area contributed by atoms with Crippen molar-refractivity contribution in [3.05, 3.63) is 70.8 Å². The maximum absolute atomic E-state index is 13.6. The minimum absolute atomic E-state index is 0.00764. The van der Waals surface area contributed by atoms with Gasteiger partial charge < -0.3 is 9.47 Å². The zero-order valence-electron chi connectivity index (χ0n) is 17.1. The van der Waals surface area contributed by atoms with Crippen molar-refractivity contribution in [2.75, 3.05) is 6.67 Å². The summed E-state index contributed by atoms with van der Waals surface area (Å²) in [5.74, 6) is 0.160. The number of hydrogen-bond acceptors (Lipinski definition) is 3. The van der Waals surface area contributed by atoms with Gasteiger partial charge in [0.05, 0.1) is 5.56 Å². The number of halogens is 1. The van der Waals surface area contributed by atoms with Crippen molar-refractivity contribution in [2.45, 2.75) is 51.7 Å². The Morgan fingerprint density at radius 1 is 1.14 bits per heavy atom. The van der Waals surface area contributed by atoms with Crippen LogP contribution in [0, 0.1) is 0 Å². The fourth-order valence-electron chi connectivity index (χ4n) is 3.09. The summed E-state index contributed by atoms with van der Waals surface area (Å²) in [5.41, 5.74) is 2.59. The predicted molar refractivity (Wildman–Crippen MR) is 109 cm³/mol. The first-order valence-electron chi connectivity index (χ1n) is 9.49. The minimum Gasteiger partial charge on any atom is -0.483 e. The molecule has 3 rings (SSSR count). The highest BCUT2D eigenvalue weighted by atomic mass is 18.2. The molecule has 148 valence electrons. The number of rotatable bonds is 4. The van der Waals surface area contributed by atoms with Gasteiger partial charge in [-0.1, -0.05) is 51.1 Å². The Balaban J connectivity index is 1.76. The zero-order valence-corrected chi connectivity index (χ0v) is 17.1. The third-order valence-corrected chi connectivity index (χ3v) is 4.82. The van der Waals surface area contributed by atoms with E-state index in [4.69, 9.17) is 9.47 Å². The van der Waals surface area contributed by atoms with Gasteiger partial charge >= 0.3 is 5.97 Å². The molecule has 0 amide bonds. The summed E-state index contributed by atoms with van der Waals surface area (Å²) < 4.78 is 24.9. The molecule has 0 fully saturated rings. The van der Waals surface area contributed by atoms with E-state index in [0.29, 0.717) is 16.9 Å². The molecule has 0 spiro atoms. The molecular weight excluding hydrogens is 354 g/mol. The number of alkyl halides is 1. The smallest absolute Gasteiger partial charge is 0.338 e. The van der Waals surface area contributed by atoms with Crippen LogP contribution in [-0.4, -0.2) is 18.2 Å². The summed E-state index contributed by atoms with van der Waals surface area (Å²) >= 11 is 0. The van der Waals surface area contributed by atoms with Crippen LogP contribution < -0.4 is 4.74 Å². The molecule has 2 aromatic carbocycles. The molecule has 0 saturated heterocycles. The largest absolute Gasteiger partial charge is 0.483 e. The second-order valence-electron chi connectivity index (χ2n) is 8.71. The molecule has 28 heavy (non-hydrogen) atoms. The number of benzene rings is 2. The quantitative estimate of drug-likeness (QED) is 0.606. The normalized spacial score (nSPS) is 16.1. The van der Waals surface area contributed by atoms with Crippen LogP contribution in [0.5, 0.6) is 5.75 Å². The Bertz CT molecular complexity index is 889. The lowest BCUT2D eigenvalue weighted by molar-refractivity contribution is 0.0234. The van der Waals surface area contributed by atoms with E-state index >= 15 is 0 Å². The van der Waals surface area contributed by atoms with Crippen LogP contribution >= 0.6 is 0 Å². The van der Waals surface area contributed by atoms with Gasteiger partial charge in [0.25, 0.3) is 0 Å². The number of esters is 1. The monoisotopic (exact) mass is 381 g/mol. The second-order valence-corrected chi connectivity index (χ2v) is 8.71. The van der Waals surface area contributed by atoms with Crippen LogP contribution in [0.25, 0.3) is 6.08 Å². The lowest BCUT2D eigenvalue weighted by Gasteiger charge is -2.28. The summed E-state index contributed by atoms with van der Waals surface area (Å²) in [7, 11) is 0. The van der Waals surface area contributed by atoms with Gasteiger partial charge in [-0.15, -0.1) is 0 Å². The lowest BCUT2D eigenvalue weighted by Crippen LogP contribution is -2.27. The molecule has 0 bridgehead atoms. The number of ether oxygens (including phenoxy) is 2. The average Bonchev–Trinajstić information content (AvgIpc) is 2.64. The molecule has 0 aliphatic carbocycles. The summed E-state index contributed by atoms with van der Waals surface area (Å²) in [5, 5.41) is 0. The van der Waals surface area contributed by atoms with Gasteiger partial charge in [0.15, 0.2) is 6.10 Å². The fourth-order valence-corrected chi connectivity index (χ4v) is 3.09. The van der Waals surface area contributed by atoms with E-state index in [9.17, 15) is 9.18 Å². The van der Waals surface area contributed by atoms with Gasteiger partial charge in [-0.05, 0) is 54.7 Å². The maximum atomic E-state index is 13.6. The van der Waals surface area contributed by atoms with Gasteiger partial charge in [0.1, 0.15) is 18.0 Å². The number of fused-ring (bicyclic) bond motifs is 1. The lowest BCUT2D eigenvalue weighted by atomic mass is 9.86. The van der Waals surface area contributed by atoms with Crippen molar-refractivity contribution in [2.24, 2.45) is 0 Å². The molecule has 0 N–H and O–H groups in total. The highest BCUT2D eigenvalue weighted by Crippen LogP contribution is 2.32. The Hall–Kier alpha value is -2.62. The molecule has 0 radical (unpaired) electrons. The van der Waals surface area contributed by atoms with Crippen LogP contribution in [0.3, 0.4) is 0 Å². The third-order valence-electron chi connectivity index (χ3n) is 4.82. The highest BCUT2D eigenvalue weighted by Gasteiger charge is 2.24. The van der Waals surface area contributed by atoms with Gasteiger partial charge in [-0.3, -0.25) is 0 Å².